The molecule has 1 saturated heterocycles. The Labute approximate surface area is 126 Å². The van der Waals surface area contributed by atoms with Crippen LogP contribution in [-0.4, -0.2) is 49.2 Å². The molecule has 1 aromatic heterocycles. The summed E-state index contributed by atoms with van der Waals surface area (Å²) in [5.74, 6) is -0.689. The summed E-state index contributed by atoms with van der Waals surface area (Å²) < 4.78 is 38.6. The largest absolute Gasteiger partial charge is 0.434 e. The fraction of sp³-hybridized carbons (Fsp3) is 0.333. The summed E-state index contributed by atoms with van der Waals surface area (Å²) in [6.45, 7) is 1.29. The van der Waals surface area contributed by atoms with E-state index in [0.717, 1.165) is 0 Å². The van der Waals surface area contributed by atoms with E-state index >= 15 is 0 Å². The maximum Gasteiger partial charge on any atom is 0.434 e. The van der Waals surface area contributed by atoms with E-state index in [4.69, 9.17) is 9.15 Å². The molecule has 0 spiro atoms. The summed E-state index contributed by atoms with van der Waals surface area (Å²) in [4.78, 5) is 11.1. The van der Waals surface area contributed by atoms with E-state index in [9.17, 15) is 13.2 Å². The third-order valence-corrected chi connectivity index (χ3v) is 4.67. The molecule has 118 valence electrons. The van der Waals surface area contributed by atoms with Crippen LogP contribution in [0.4, 0.5) is 5.69 Å². The number of aromatic nitrogens is 2. The third kappa shape index (κ3) is 3.03. The van der Waals surface area contributed by atoms with Crippen molar-refractivity contribution in [3.8, 4) is 11.5 Å². The van der Waals surface area contributed by atoms with Gasteiger partial charge < -0.3 is 9.15 Å². The van der Waals surface area contributed by atoms with Gasteiger partial charge in [0.25, 0.3) is 5.89 Å². The molecule has 22 heavy (non-hydrogen) atoms. The molecule has 1 fully saturated rings. The Morgan fingerprint density at radius 1 is 1.23 bits per heavy atom. The Morgan fingerprint density at radius 3 is 2.64 bits per heavy atom. The van der Waals surface area contributed by atoms with Gasteiger partial charge in [-0.25, -0.2) is 9.89 Å². The molecule has 1 aliphatic rings. The molecule has 0 saturated carbocycles. The van der Waals surface area contributed by atoms with Gasteiger partial charge in [-0.15, -0.1) is 5.10 Å². The average molecular weight is 326 g/mol. The average Bonchev–Trinajstić information content (AvgIpc) is 2.95. The van der Waals surface area contributed by atoms with E-state index in [1.54, 1.807) is 24.3 Å². The molecule has 0 radical (unpaired) electrons. The van der Waals surface area contributed by atoms with E-state index < -0.39 is 16.0 Å². The van der Waals surface area contributed by atoms with E-state index in [1.807, 2.05) is 0 Å². The number of hydrogen-bond acceptors (Lipinski definition) is 6. The lowest BCUT2D eigenvalue weighted by atomic mass is 10.2. The van der Waals surface area contributed by atoms with E-state index in [0.29, 0.717) is 18.8 Å². The normalized spacial score (nSPS) is 16.5. The van der Waals surface area contributed by atoms with E-state index in [-0.39, 0.29) is 24.7 Å². The zero-order valence-electron chi connectivity index (χ0n) is 11.5. The topological polar surface area (TPSA) is 118 Å². The quantitative estimate of drug-likeness (QED) is 0.818. The summed E-state index contributed by atoms with van der Waals surface area (Å²) in [6, 6.07) is 6.54. The Balaban J connectivity index is 1.91. The van der Waals surface area contributed by atoms with E-state index in [2.05, 4.69) is 14.9 Å². The van der Waals surface area contributed by atoms with Crippen molar-refractivity contribution in [2.45, 2.75) is 0 Å². The highest BCUT2D eigenvalue weighted by Crippen LogP contribution is 2.26. The van der Waals surface area contributed by atoms with Crippen LogP contribution in [0.2, 0.25) is 0 Å². The second-order valence-corrected chi connectivity index (χ2v) is 6.25. The molecule has 0 amide bonds. The predicted molar refractivity (Wildman–Crippen MR) is 77.5 cm³/mol. The van der Waals surface area contributed by atoms with Crippen molar-refractivity contribution in [3.63, 3.8) is 0 Å². The summed E-state index contributed by atoms with van der Waals surface area (Å²) in [5.41, 5.74) is 0.655. The molecule has 9 nitrogen and oxygen atoms in total. The molecule has 2 N–H and O–H groups in total. The first kappa shape index (κ1) is 14.8. The number of nitrogens with zero attached hydrogens (tertiary/aromatic N) is 2. The highest BCUT2D eigenvalue weighted by Gasteiger charge is 2.25. The van der Waals surface area contributed by atoms with Crippen LogP contribution in [0, 0.1) is 0 Å². The van der Waals surface area contributed by atoms with Crippen molar-refractivity contribution in [3.05, 3.63) is 34.8 Å². The number of para-hydroxylation sites is 1. The summed E-state index contributed by atoms with van der Waals surface area (Å²) in [6.07, 6.45) is 0. The smallest absolute Gasteiger partial charge is 0.388 e. The van der Waals surface area contributed by atoms with Crippen LogP contribution in [0.3, 0.4) is 0 Å². The number of nitrogens with one attached hydrogen (secondary N) is 2. The molecule has 2 heterocycles. The lowest BCUT2D eigenvalue weighted by Crippen LogP contribution is -2.43. The monoisotopic (exact) mass is 326 g/mol. The molecular weight excluding hydrogens is 312 g/mol. The minimum absolute atomic E-state index is 0.0188. The van der Waals surface area contributed by atoms with Crippen LogP contribution in [0.25, 0.3) is 11.5 Å². The van der Waals surface area contributed by atoms with Gasteiger partial charge in [0, 0.05) is 13.1 Å². The fourth-order valence-electron chi connectivity index (χ4n) is 2.09. The van der Waals surface area contributed by atoms with Crippen molar-refractivity contribution in [2.24, 2.45) is 0 Å². The van der Waals surface area contributed by atoms with Crippen molar-refractivity contribution < 1.29 is 17.6 Å². The first-order valence-corrected chi connectivity index (χ1v) is 8.01. The van der Waals surface area contributed by atoms with Crippen molar-refractivity contribution in [1.29, 1.82) is 0 Å². The maximum absolute atomic E-state index is 12.4. The number of morpholine rings is 1. The predicted octanol–water partition coefficient (Wildman–Crippen LogP) is 0.0188. The van der Waals surface area contributed by atoms with Gasteiger partial charge in [0.05, 0.1) is 24.5 Å². The van der Waals surface area contributed by atoms with Gasteiger partial charge in [-0.1, -0.05) is 12.1 Å². The van der Waals surface area contributed by atoms with Gasteiger partial charge in [0.1, 0.15) is 0 Å². The molecule has 0 unspecified atom stereocenters. The van der Waals surface area contributed by atoms with Crippen molar-refractivity contribution in [2.75, 3.05) is 31.0 Å². The van der Waals surface area contributed by atoms with Crippen LogP contribution < -0.4 is 10.5 Å². The molecule has 0 bridgehead atoms. The second kappa shape index (κ2) is 5.91. The Bertz CT molecular complexity index is 807. The Morgan fingerprint density at radius 2 is 1.95 bits per heavy atom. The van der Waals surface area contributed by atoms with Gasteiger partial charge in [-0.05, 0) is 12.1 Å². The Hall–Kier alpha value is -2.17. The minimum Gasteiger partial charge on any atom is -0.388 e. The fourth-order valence-corrected chi connectivity index (χ4v) is 3.31. The third-order valence-electron chi connectivity index (χ3n) is 3.14. The number of hydrogen-bond donors (Lipinski definition) is 2. The summed E-state index contributed by atoms with van der Waals surface area (Å²) >= 11 is 0. The zero-order chi connectivity index (χ0) is 15.6. The van der Waals surface area contributed by atoms with Crippen LogP contribution in [-0.2, 0) is 14.9 Å². The highest BCUT2D eigenvalue weighted by molar-refractivity contribution is 7.90. The van der Waals surface area contributed by atoms with Crippen molar-refractivity contribution >= 4 is 15.9 Å². The van der Waals surface area contributed by atoms with Gasteiger partial charge in [-0.3, -0.25) is 4.72 Å². The number of ether oxygens (including phenoxy) is 1. The number of benzene rings is 1. The maximum atomic E-state index is 12.4. The van der Waals surface area contributed by atoms with Crippen LogP contribution >= 0.6 is 0 Å². The van der Waals surface area contributed by atoms with Gasteiger partial charge in [0.2, 0.25) is 0 Å². The molecule has 2 aromatic rings. The van der Waals surface area contributed by atoms with Crippen molar-refractivity contribution in [1.82, 2.24) is 14.5 Å². The second-order valence-electron chi connectivity index (χ2n) is 4.58. The number of anilines is 1. The molecule has 3 rings (SSSR count). The number of rotatable bonds is 4. The number of H-pyrrole nitrogens is 1. The van der Waals surface area contributed by atoms with E-state index in [1.165, 1.54) is 4.31 Å². The first-order chi connectivity index (χ1) is 10.6. The molecular formula is C12H14N4O5S. The molecule has 10 heteroatoms. The van der Waals surface area contributed by atoms with Gasteiger partial charge in [-0.2, -0.15) is 12.7 Å². The van der Waals surface area contributed by atoms with Gasteiger partial charge in [0.15, 0.2) is 0 Å². The molecule has 1 aliphatic heterocycles. The standard InChI is InChI=1S/C12H14N4O5S/c17-12-14-13-11(21-12)9-3-1-2-4-10(9)15-22(18,19)16-5-7-20-8-6-16/h1-4,15H,5-8H2,(H,14,17). The van der Waals surface area contributed by atoms with Gasteiger partial charge >= 0.3 is 16.0 Å². The SMILES string of the molecule is O=c1[nH]nc(-c2ccccc2NS(=O)(=O)N2CCOCC2)o1. The highest BCUT2D eigenvalue weighted by atomic mass is 32.2. The minimum atomic E-state index is -3.71. The molecule has 1 aromatic carbocycles. The lowest BCUT2D eigenvalue weighted by Gasteiger charge is -2.26. The molecule has 0 atom stereocenters. The Kier molecular flexibility index (Phi) is 3.96. The summed E-state index contributed by atoms with van der Waals surface area (Å²) in [7, 11) is -3.71. The van der Waals surface area contributed by atoms with Crippen LogP contribution in [0.5, 0.6) is 0 Å². The van der Waals surface area contributed by atoms with Crippen LogP contribution in [0.15, 0.2) is 33.5 Å². The molecule has 0 aliphatic carbocycles. The summed E-state index contributed by atoms with van der Waals surface area (Å²) in [5, 5.41) is 5.86. The zero-order valence-corrected chi connectivity index (χ0v) is 12.3. The lowest BCUT2D eigenvalue weighted by molar-refractivity contribution is 0.0733. The van der Waals surface area contributed by atoms with Crippen LogP contribution in [0.1, 0.15) is 0 Å². The number of aromatic amines is 1. The first-order valence-electron chi connectivity index (χ1n) is 6.57.